The number of nitrogens with zero attached hydrogens (tertiary/aromatic N) is 1. The molecule has 2 unspecified atom stereocenters. The van der Waals surface area contributed by atoms with Crippen molar-refractivity contribution in [1.29, 1.82) is 0 Å². The Bertz CT molecular complexity index is 428. The molecule has 4 nitrogen and oxygen atoms in total. The van der Waals surface area contributed by atoms with Crippen LogP contribution in [0.15, 0.2) is 41.6 Å². The Morgan fingerprint density at radius 1 is 1.28 bits per heavy atom. The minimum atomic E-state index is 0.0900. The first-order chi connectivity index (χ1) is 8.71. The highest BCUT2D eigenvalue weighted by atomic mass is 16.5. The highest BCUT2D eigenvalue weighted by Crippen LogP contribution is 2.25. The molecule has 1 aromatic carbocycles. The zero-order valence-corrected chi connectivity index (χ0v) is 10.3. The Kier molecular flexibility index (Phi) is 4.23. The number of nitroso groups, excluding NO2 is 1. The number of rotatable bonds is 4. The first-order valence-corrected chi connectivity index (χ1v) is 6.15. The van der Waals surface area contributed by atoms with Gasteiger partial charge in [-0.2, -0.15) is 0 Å². The largest absolute Gasteiger partial charge is 0.373 e. The number of nitrogens with two attached hydrogens (primary N) is 1. The predicted octanol–water partition coefficient (Wildman–Crippen LogP) is 2.69. The van der Waals surface area contributed by atoms with E-state index in [1.807, 2.05) is 12.1 Å². The summed E-state index contributed by atoms with van der Waals surface area (Å²) in [6, 6.07) is 7.27. The SMILES string of the molecule is C=C1CC(CN)OC(Cc2ccc(N=O)cc2)C1. The van der Waals surface area contributed by atoms with Gasteiger partial charge in [0.2, 0.25) is 0 Å². The average molecular weight is 246 g/mol. The molecule has 0 saturated carbocycles. The van der Waals surface area contributed by atoms with Crippen molar-refractivity contribution in [3.05, 3.63) is 46.9 Å². The lowest BCUT2D eigenvalue weighted by Crippen LogP contribution is -2.35. The second-order valence-corrected chi connectivity index (χ2v) is 4.74. The summed E-state index contributed by atoms with van der Waals surface area (Å²) in [6.07, 6.45) is 2.78. The third kappa shape index (κ3) is 3.24. The molecule has 96 valence electrons. The van der Waals surface area contributed by atoms with Crippen LogP contribution in [0.2, 0.25) is 0 Å². The van der Waals surface area contributed by atoms with Gasteiger partial charge >= 0.3 is 0 Å². The van der Waals surface area contributed by atoms with Crippen LogP contribution in [0.4, 0.5) is 5.69 Å². The van der Waals surface area contributed by atoms with Crippen LogP contribution < -0.4 is 5.73 Å². The fraction of sp³-hybridized carbons (Fsp3) is 0.429. The van der Waals surface area contributed by atoms with E-state index in [0.29, 0.717) is 12.2 Å². The summed E-state index contributed by atoms with van der Waals surface area (Å²) in [7, 11) is 0. The Balaban J connectivity index is 1.99. The van der Waals surface area contributed by atoms with E-state index in [9.17, 15) is 4.91 Å². The van der Waals surface area contributed by atoms with Gasteiger partial charge in [0.15, 0.2) is 0 Å². The molecule has 1 heterocycles. The van der Waals surface area contributed by atoms with E-state index in [1.165, 1.54) is 5.57 Å². The van der Waals surface area contributed by atoms with Crippen molar-refractivity contribution in [2.24, 2.45) is 10.9 Å². The molecule has 2 atom stereocenters. The van der Waals surface area contributed by atoms with Gasteiger partial charge in [-0.3, -0.25) is 0 Å². The second-order valence-electron chi connectivity index (χ2n) is 4.74. The molecule has 0 aliphatic carbocycles. The smallest absolute Gasteiger partial charge is 0.108 e. The normalized spacial score (nSPS) is 23.9. The van der Waals surface area contributed by atoms with E-state index in [-0.39, 0.29) is 12.2 Å². The summed E-state index contributed by atoms with van der Waals surface area (Å²) in [5, 5.41) is 2.88. The van der Waals surface area contributed by atoms with Crippen LogP contribution >= 0.6 is 0 Å². The molecule has 1 aliphatic heterocycles. The van der Waals surface area contributed by atoms with Gasteiger partial charge < -0.3 is 10.5 Å². The van der Waals surface area contributed by atoms with Crippen molar-refractivity contribution in [2.75, 3.05) is 6.54 Å². The Morgan fingerprint density at radius 2 is 1.94 bits per heavy atom. The zero-order valence-electron chi connectivity index (χ0n) is 10.3. The summed E-state index contributed by atoms with van der Waals surface area (Å²) in [5.74, 6) is 0. The highest BCUT2D eigenvalue weighted by molar-refractivity contribution is 5.38. The van der Waals surface area contributed by atoms with Crippen LogP contribution in [0.5, 0.6) is 0 Å². The van der Waals surface area contributed by atoms with E-state index >= 15 is 0 Å². The number of hydrogen-bond donors (Lipinski definition) is 1. The second kappa shape index (κ2) is 5.89. The predicted molar refractivity (Wildman–Crippen MR) is 71.7 cm³/mol. The molecule has 1 fully saturated rings. The van der Waals surface area contributed by atoms with E-state index < -0.39 is 0 Å². The number of hydrogen-bond acceptors (Lipinski definition) is 4. The first-order valence-electron chi connectivity index (χ1n) is 6.15. The molecule has 0 spiro atoms. The van der Waals surface area contributed by atoms with Gasteiger partial charge in [0.25, 0.3) is 0 Å². The Morgan fingerprint density at radius 3 is 2.56 bits per heavy atom. The minimum absolute atomic E-state index is 0.0900. The molecular weight excluding hydrogens is 228 g/mol. The van der Waals surface area contributed by atoms with Crippen molar-refractivity contribution in [2.45, 2.75) is 31.5 Å². The molecule has 4 heteroatoms. The fourth-order valence-corrected chi connectivity index (χ4v) is 2.31. The highest BCUT2D eigenvalue weighted by Gasteiger charge is 2.23. The quantitative estimate of drug-likeness (QED) is 0.656. The average Bonchev–Trinajstić information content (AvgIpc) is 2.39. The van der Waals surface area contributed by atoms with Crippen LogP contribution in [0.25, 0.3) is 0 Å². The number of benzene rings is 1. The topological polar surface area (TPSA) is 64.7 Å². The van der Waals surface area contributed by atoms with Gasteiger partial charge in [-0.1, -0.05) is 24.3 Å². The maximum atomic E-state index is 10.3. The van der Waals surface area contributed by atoms with Crippen LogP contribution in [-0.2, 0) is 11.2 Å². The zero-order chi connectivity index (χ0) is 13.0. The van der Waals surface area contributed by atoms with Crippen LogP contribution in [0, 0.1) is 4.91 Å². The standard InChI is InChI=1S/C14H18N2O2/c1-10-6-13(18-14(7-10)9-15)8-11-2-4-12(16-17)5-3-11/h2-5,13-14H,1,6-9,15H2. The maximum Gasteiger partial charge on any atom is 0.108 e. The summed E-state index contributed by atoms with van der Waals surface area (Å²) in [4.78, 5) is 10.3. The van der Waals surface area contributed by atoms with E-state index in [1.54, 1.807) is 12.1 Å². The molecular formula is C14H18N2O2. The van der Waals surface area contributed by atoms with Gasteiger partial charge in [-0.05, 0) is 42.1 Å². The first kappa shape index (κ1) is 12.9. The van der Waals surface area contributed by atoms with Crippen molar-refractivity contribution in [1.82, 2.24) is 0 Å². The van der Waals surface area contributed by atoms with Crippen molar-refractivity contribution in [3.63, 3.8) is 0 Å². The molecule has 2 N–H and O–H groups in total. The van der Waals surface area contributed by atoms with Crippen molar-refractivity contribution < 1.29 is 4.74 Å². The van der Waals surface area contributed by atoms with Crippen LogP contribution in [0.1, 0.15) is 18.4 Å². The summed E-state index contributed by atoms with van der Waals surface area (Å²) in [5.41, 5.74) is 8.44. The third-order valence-electron chi connectivity index (χ3n) is 3.19. The van der Waals surface area contributed by atoms with E-state index in [2.05, 4.69) is 11.8 Å². The molecule has 1 saturated heterocycles. The molecule has 0 radical (unpaired) electrons. The van der Waals surface area contributed by atoms with Gasteiger partial charge in [0.1, 0.15) is 5.69 Å². The van der Waals surface area contributed by atoms with Gasteiger partial charge in [-0.25, -0.2) is 0 Å². The lowest BCUT2D eigenvalue weighted by molar-refractivity contribution is -0.0249. The molecule has 0 amide bonds. The van der Waals surface area contributed by atoms with Crippen molar-refractivity contribution in [3.8, 4) is 0 Å². The number of ether oxygens (including phenoxy) is 1. The van der Waals surface area contributed by atoms with E-state index in [4.69, 9.17) is 10.5 Å². The minimum Gasteiger partial charge on any atom is -0.373 e. The molecule has 1 aromatic rings. The summed E-state index contributed by atoms with van der Waals surface area (Å²) < 4.78 is 5.90. The van der Waals surface area contributed by atoms with E-state index in [0.717, 1.165) is 24.8 Å². The lowest BCUT2D eigenvalue weighted by atomic mass is 9.95. The Labute approximate surface area is 107 Å². The molecule has 0 bridgehead atoms. The molecule has 2 rings (SSSR count). The lowest BCUT2D eigenvalue weighted by Gasteiger charge is -2.31. The molecule has 0 aromatic heterocycles. The monoisotopic (exact) mass is 246 g/mol. The Hall–Kier alpha value is -1.52. The molecule has 18 heavy (non-hydrogen) atoms. The van der Waals surface area contributed by atoms with Crippen LogP contribution in [-0.4, -0.2) is 18.8 Å². The summed E-state index contributed by atoms with van der Waals surface area (Å²) >= 11 is 0. The van der Waals surface area contributed by atoms with Gasteiger partial charge in [-0.15, -0.1) is 4.91 Å². The maximum absolute atomic E-state index is 10.3. The fourth-order valence-electron chi connectivity index (χ4n) is 2.31. The summed E-state index contributed by atoms with van der Waals surface area (Å²) in [6.45, 7) is 4.57. The van der Waals surface area contributed by atoms with Crippen molar-refractivity contribution >= 4 is 5.69 Å². The van der Waals surface area contributed by atoms with Crippen LogP contribution in [0.3, 0.4) is 0 Å². The van der Waals surface area contributed by atoms with Gasteiger partial charge in [0.05, 0.1) is 12.2 Å². The van der Waals surface area contributed by atoms with Gasteiger partial charge in [0, 0.05) is 6.54 Å². The molecule has 1 aliphatic rings. The third-order valence-corrected chi connectivity index (χ3v) is 3.19.